The average molecular weight is 288 g/mol. The van der Waals surface area contributed by atoms with Crippen LogP contribution in [0.2, 0.25) is 0 Å². The van der Waals surface area contributed by atoms with Crippen LogP contribution in [0.5, 0.6) is 0 Å². The molecule has 0 aliphatic heterocycles. The van der Waals surface area contributed by atoms with Crippen molar-refractivity contribution in [3.63, 3.8) is 0 Å². The Morgan fingerprint density at radius 3 is 2.43 bits per heavy atom. The molecular weight excluding hydrogens is 260 g/mol. The fourth-order valence-corrected chi connectivity index (χ4v) is 6.11. The van der Waals surface area contributed by atoms with Crippen LogP contribution in [0.4, 0.5) is 0 Å². The molecule has 0 spiro atoms. The Balaban J connectivity index is 1.43. The van der Waals surface area contributed by atoms with Gasteiger partial charge in [-0.15, -0.1) is 0 Å². The molecule has 1 heterocycles. The van der Waals surface area contributed by atoms with Gasteiger partial charge in [-0.3, -0.25) is 4.68 Å². The molecule has 0 radical (unpaired) electrons. The summed E-state index contributed by atoms with van der Waals surface area (Å²) in [7, 11) is 0. The van der Waals surface area contributed by atoms with Crippen LogP contribution in [0.1, 0.15) is 57.7 Å². The highest BCUT2D eigenvalue weighted by Crippen LogP contribution is 2.61. The minimum absolute atomic E-state index is 0.246. The van der Waals surface area contributed by atoms with E-state index in [1.807, 2.05) is 4.68 Å². The molecule has 1 aromatic heterocycles. The SMILES string of the molecule is CCn1ncnc1CC(N)CC12CC3CC(CC(C3)C1)C2. The lowest BCUT2D eigenvalue weighted by atomic mass is 9.48. The molecule has 4 aliphatic carbocycles. The Labute approximate surface area is 127 Å². The number of hydrogen-bond donors (Lipinski definition) is 1. The number of aromatic nitrogens is 3. The van der Waals surface area contributed by atoms with Crippen LogP contribution < -0.4 is 5.73 Å². The van der Waals surface area contributed by atoms with E-state index < -0.39 is 0 Å². The van der Waals surface area contributed by atoms with Gasteiger partial charge in [0.05, 0.1) is 0 Å². The van der Waals surface area contributed by atoms with Crippen LogP contribution >= 0.6 is 0 Å². The van der Waals surface area contributed by atoms with E-state index in [2.05, 4.69) is 17.0 Å². The van der Waals surface area contributed by atoms with Crippen LogP contribution in [0, 0.1) is 23.2 Å². The van der Waals surface area contributed by atoms with Gasteiger partial charge < -0.3 is 5.73 Å². The van der Waals surface area contributed by atoms with Gasteiger partial charge in [0.25, 0.3) is 0 Å². The number of hydrogen-bond acceptors (Lipinski definition) is 3. The van der Waals surface area contributed by atoms with E-state index in [0.29, 0.717) is 5.41 Å². The number of aryl methyl sites for hydroxylation is 1. The highest BCUT2D eigenvalue weighted by molar-refractivity contribution is 5.03. The molecule has 116 valence electrons. The van der Waals surface area contributed by atoms with E-state index in [1.165, 1.54) is 44.9 Å². The normalized spacial score (nSPS) is 38.9. The minimum Gasteiger partial charge on any atom is -0.327 e. The second-order valence-electron chi connectivity index (χ2n) is 8.08. The molecule has 0 amide bonds. The second kappa shape index (κ2) is 5.08. The zero-order valence-corrected chi connectivity index (χ0v) is 13.2. The topological polar surface area (TPSA) is 56.7 Å². The predicted octanol–water partition coefficient (Wildman–Crippen LogP) is 2.77. The first-order chi connectivity index (χ1) is 10.2. The molecule has 4 saturated carbocycles. The van der Waals surface area contributed by atoms with Crippen molar-refractivity contribution >= 4 is 0 Å². The van der Waals surface area contributed by atoms with Gasteiger partial charge in [-0.1, -0.05) is 0 Å². The molecule has 1 aromatic rings. The lowest BCUT2D eigenvalue weighted by Crippen LogP contribution is -2.48. The number of nitrogens with zero attached hydrogens (tertiary/aromatic N) is 3. The van der Waals surface area contributed by atoms with Gasteiger partial charge in [0, 0.05) is 19.0 Å². The maximum Gasteiger partial charge on any atom is 0.138 e. The van der Waals surface area contributed by atoms with Gasteiger partial charge >= 0.3 is 0 Å². The first kappa shape index (κ1) is 13.7. The third-order valence-electron chi connectivity index (χ3n) is 6.30. The Morgan fingerprint density at radius 1 is 1.24 bits per heavy atom. The van der Waals surface area contributed by atoms with Crippen LogP contribution in [0.25, 0.3) is 0 Å². The van der Waals surface area contributed by atoms with Crippen LogP contribution in [-0.4, -0.2) is 20.8 Å². The first-order valence-corrected chi connectivity index (χ1v) is 8.78. The summed E-state index contributed by atoms with van der Waals surface area (Å²) in [5.41, 5.74) is 7.10. The fraction of sp³-hybridized carbons (Fsp3) is 0.882. The maximum atomic E-state index is 6.53. The van der Waals surface area contributed by atoms with Crippen molar-refractivity contribution < 1.29 is 0 Å². The molecule has 4 heteroatoms. The summed E-state index contributed by atoms with van der Waals surface area (Å²) in [6.45, 7) is 3.00. The lowest BCUT2D eigenvalue weighted by molar-refractivity contribution is -0.0603. The van der Waals surface area contributed by atoms with Crippen molar-refractivity contribution in [1.82, 2.24) is 14.8 Å². The molecule has 2 N–H and O–H groups in total. The van der Waals surface area contributed by atoms with E-state index in [0.717, 1.165) is 36.5 Å². The van der Waals surface area contributed by atoms with E-state index in [1.54, 1.807) is 6.33 Å². The summed E-state index contributed by atoms with van der Waals surface area (Å²) in [5.74, 6) is 4.11. The van der Waals surface area contributed by atoms with Crippen LogP contribution in [-0.2, 0) is 13.0 Å². The number of rotatable bonds is 5. The van der Waals surface area contributed by atoms with Crippen molar-refractivity contribution in [2.45, 2.75) is 70.9 Å². The summed E-state index contributed by atoms with van der Waals surface area (Å²) >= 11 is 0. The molecule has 4 aliphatic rings. The van der Waals surface area contributed by atoms with Crippen LogP contribution in [0.3, 0.4) is 0 Å². The van der Waals surface area contributed by atoms with Crippen molar-refractivity contribution in [3.05, 3.63) is 12.2 Å². The van der Waals surface area contributed by atoms with E-state index >= 15 is 0 Å². The fourth-order valence-electron chi connectivity index (χ4n) is 6.11. The molecule has 5 rings (SSSR count). The molecular formula is C17H28N4. The minimum atomic E-state index is 0.246. The average Bonchev–Trinajstić information content (AvgIpc) is 2.83. The standard InChI is InChI=1S/C17H28N4/c1-2-21-16(19-11-20-21)6-15(18)10-17-7-12-3-13(8-17)5-14(4-12)9-17/h11-15H,2-10,18H2,1H3. The summed E-state index contributed by atoms with van der Waals surface area (Å²) < 4.78 is 1.99. The third kappa shape index (κ3) is 2.52. The molecule has 4 fully saturated rings. The first-order valence-electron chi connectivity index (χ1n) is 8.78. The van der Waals surface area contributed by atoms with Gasteiger partial charge in [-0.05, 0) is 75.0 Å². The second-order valence-corrected chi connectivity index (χ2v) is 8.08. The van der Waals surface area contributed by atoms with Gasteiger partial charge in [-0.2, -0.15) is 5.10 Å². The zero-order chi connectivity index (χ0) is 14.4. The van der Waals surface area contributed by atoms with Crippen molar-refractivity contribution in [1.29, 1.82) is 0 Å². The van der Waals surface area contributed by atoms with Crippen LogP contribution in [0.15, 0.2) is 6.33 Å². The van der Waals surface area contributed by atoms with Crippen molar-refractivity contribution in [3.8, 4) is 0 Å². The summed E-state index contributed by atoms with van der Waals surface area (Å²) in [5, 5.41) is 4.26. The highest BCUT2D eigenvalue weighted by atomic mass is 15.3. The zero-order valence-electron chi connectivity index (χ0n) is 13.2. The Kier molecular flexibility index (Phi) is 3.32. The van der Waals surface area contributed by atoms with Gasteiger partial charge in [0.1, 0.15) is 12.2 Å². The van der Waals surface area contributed by atoms with E-state index in [9.17, 15) is 0 Å². The molecule has 0 aromatic carbocycles. The Bertz CT molecular complexity index is 471. The molecule has 4 bridgehead atoms. The quantitative estimate of drug-likeness (QED) is 0.906. The Morgan fingerprint density at radius 2 is 1.86 bits per heavy atom. The molecule has 1 unspecified atom stereocenters. The molecule has 0 saturated heterocycles. The molecule has 4 nitrogen and oxygen atoms in total. The largest absolute Gasteiger partial charge is 0.327 e. The lowest BCUT2D eigenvalue weighted by Gasteiger charge is -2.57. The number of nitrogens with two attached hydrogens (primary N) is 1. The van der Waals surface area contributed by atoms with Gasteiger partial charge in [0.2, 0.25) is 0 Å². The van der Waals surface area contributed by atoms with Gasteiger partial charge in [0.15, 0.2) is 0 Å². The molecule has 21 heavy (non-hydrogen) atoms. The van der Waals surface area contributed by atoms with E-state index in [4.69, 9.17) is 5.73 Å². The van der Waals surface area contributed by atoms with Crippen molar-refractivity contribution in [2.24, 2.45) is 28.9 Å². The smallest absolute Gasteiger partial charge is 0.138 e. The summed E-state index contributed by atoms with van der Waals surface area (Å²) in [4.78, 5) is 4.39. The maximum absolute atomic E-state index is 6.53. The van der Waals surface area contributed by atoms with Gasteiger partial charge in [-0.25, -0.2) is 4.98 Å². The molecule has 1 atom stereocenters. The predicted molar refractivity (Wildman–Crippen MR) is 82.6 cm³/mol. The van der Waals surface area contributed by atoms with E-state index in [-0.39, 0.29) is 6.04 Å². The monoisotopic (exact) mass is 288 g/mol. The summed E-state index contributed by atoms with van der Waals surface area (Å²) in [6, 6.07) is 0.246. The van der Waals surface area contributed by atoms with Crippen molar-refractivity contribution in [2.75, 3.05) is 0 Å². The Hall–Kier alpha value is -0.900. The third-order valence-corrected chi connectivity index (χ3v) is 6.30. The highest BCUT2D eigenvalue weighted by Gasteiger charge is 2.51. The summed E-state index contributed by atoms with van der Waals surface area (Å²) in [6.07, 6.45) is 12.6.